The summed E-state index contributed by atoms with van der Waals surface area (Å²) in [7, 11) is 1.42. The minimum absolute atomic E-state index is 0.0287. The molecule has 0 saturated carbocycles. The van der Waals surface area contributed by atoms with Crippen LogP contribution in [0.4, 0.5) is 4.79 Å². The molecule has 1 unspecified atom stereocenters. The molecule has 220 valence electrons. The number of esters is 2. The average Bonchev–Trinajstić information content (AvgIpc) is 3.29. The van der Waals surface area contributed by atoms with Gasteiger partial charge in [-0.2, -0.15) is 0 Å². The number of benzene rings is 1. The summed E-state index contributed by atoms with van der Waals surface area (Å²) in [4.78, 5) is 51.8. The highest BCUT2D eigenvalue weighted by atomic mass is 32.2. The standard InChI is InChI=1S/C28H32N2O10S/c1-6-11-36-26(32)22(29)17-9-10-18(19(14-17)35-5)39-15-20-23(27(33)37-12-7-2)30-24(31)21(25(30)41-20)16(4)40-28(34)38-13-8-3/h6-10,14,16,21-22,25H,1-3,11-13,15,29H2,4-5H3/t16-,21+,22?,25-/m1/s1. The molecular weight excluding hydrogens is 556 g/mol. The van der Waals surface area contributed by atoms with Crippen LogP contribution in [-0.2, 0) is 33.3 Å². The number of rotatable bonds is 15. The number of thioether (sulfide) groups is 1. The van der Waals surface area contributed by atoms with Crippen molar-refractivity contribution >= 4 is 35.8 Å². The van der Waals surface area contributed by atoms with Gasteiger partial charge in [0.1, 0.15) is 55.6 Å². The summed E-state index contributed by atoms with van der Waals surface area (Å²) in [5.74, 6) is -1.92. The van der Waals surface area contributed by atoms with E-state index in [-0.39, 0.29) is 37.9 Å². The zero-order chi connectivity index (χ0) is 30.1. The van der Waals surface area contributed by atoms with E-state index < -0.39 is 47.4 Å². The van der Waals surface area contributed by atoms with E-state index in [2.05, 4.69) is 19.7 Å². The summed E-state index contributed by atoms with van der Waals surface area (Å²) in [5, 5.41) is -0.529. The fourth-order valence-corrected chi connectivity index (χ4v) is 5.54. The maximum absolute atomic E-state index is 13.1. The highest BCUT2D eigenvalue weighted by Crippen LogP contribution is 2.51. The smallest absolute Gasteiger partial charge is 0.493 e. The minimum atomic E-state index is -1.05. The number of carbonyl (C=O) groups is 4. The number of hydrogen-bond donors (Lipinski definition) is 1. The highest BCUT2D eigenvalue weighted by molar-refractivity contribution is 8.04. The Kier molecular flexibility index (Phi) is 11.0. The van der Waals surface area contributed by atoms with Gasteiger partial charge in [-0.15, -0.1) is 0 Å². The zero-order valence-electron chi connectivity index (χ0n) is 22.7. The second-order valence-electron chi connectivity index (χ2n) is 8.67. The zero-order valence-corrected chi connectivity index (χ0v) is 23.6. The number of nitrogens with zero attached hydrogens (tertiary/aromatic N) is 1. The number of hydrogen-bond acceptors (Lipinski definition) is 12. The third-order valence-electron chi connectivity index (χ3n) is 5.99. The van der Waals surface area contributed by atoms with Crippen LogP contribution < -0.4 is 15.2 Å². The van der Waals surface area contributed by atoms with Crippen molar-refractivity contribution in [3.63, 3.8) is 0 Å². The normalized spacial score (nSPS) is 18.7. The lowest BCUT2D eigenvalue weighted by atomic mass is 9.92. The summed E-state index contributed by atoms with van der Waals surface area (Å²) in [6, 6.07) is 3.65. The van der Waals surface area contributed by atoms with Crippen LogP contribution in [-0.4, -0.2) is 73.9 Å². The molecule has 1 aromatic rings. The van der Waals surface area contributed by atoms with E-state index in [1.807, 2.05) is 0 Å². The lowest BCUT2D eigenvalue weighted by molar-refractivity contribution is -0.158. The first-order valence-corrected chi connectivity index (χ1v) is 13.3. The molecule has 2 aliphatic rings. The molecule has 12 nitrogen and oxygen atoms in total. The molecule has 3 rings (SSSR count). The molecule has 0 aliphatic carbocycles. The van der Waals surface area contributed by atoms with Gasteiger partial charge in [0.15, 0.2) is 11.5 Å². The molecule has 0 aromatic heterocycles. The molecule has 2 heterocycles. The van der Waals surface area contributed by atoms with Gasteiger partial charge in [0.2, 0.25) is 5.91 Å². The largest absolute Gasteiger partial charge is 0.508 e. The van der Waals surface area contributed by atoms with Gasteiger partial charge in [-0.1, -0.05) is 55.8 Å². The van der Waals surface area contributed by atoms with E-state index in [1.54, 1.807) is 25.1 Å². The second kappa shape index (κ2) is 14.4. The van der Waals surface area contributed by atoms with E-state index in [0.717, 1.165) is 0 Å². The number of amides is 1. The van der Waals surface area contributed by atoms with Crippen molar-refractivity contribution in [3.05, 3.63) is 72.3 Å². The number of methoxy groups -OCH3 is 1. The summed E-state index contributed by atoms with van der Waals surface area (Å²) in [6.07, 6.45) is 2.47. The molecule has 4 atom stereocenters. The Morgan fingerprint density at radius 3 is 2.37 bits per heavy atom. The maximum Gasteiger partial charge on any atom is 0.508 e. The fourth-order valence-electron chi connectivity index (χ4n) is 4.03. The van der Waals surface area contributed by atoms with Crippen molar-refractivity contribution in [2.45, 2.75) is 24.4 Å². The molecule has 1 fully saturated rings. The van der Waals surface area contributed by atoms with E-state index in [9.17, 15) is 19.2 Å². The Morgan fingerprint density at radius 1 is 1.05 bits per heavy atom. The van der Waals surface area contributed by atoms with Crippen LogP contribution in [0.3, 0.4) is 0 Å². The summed E-state index contributed by atoms with van der Waals surface area (Å²) >= 11 is 1.22. The van der Waals surface area contributed by atoms with Crippen LogP contribution in [0.5, 0.6) is 11.5 Å². The molecule has 1 amide bonds. The van der Waals surface area contributed by atoms with Crippen molar-refractivity contribution in [2.75, 3.05) is 33.5 Å². The molecule has 0 spiro atoms. The van der Waals surface area contributed by atoms with Crippen LogP contribution in [0.2, 0.25) is 0 Å². The van der Waals surface area contributed by atoms with Crippen LogP contribution in [0.15, 0.2) is 66.8 Å². The molecule has 1 aromatic carbocycles. The van der Waals surface area contributed by atoms with Gasteiger partial charge in [-0.3, -0.25) is 9.69 Å². The van der Waals surface area contributed by atoms with Crippen molar-refractivity contribution in [1.29, 1.82) is 0 Å². The number of carbonyl (C=O) groups excluding carboxylic acids is 4. The number of nitrogens with two attached hydrogens (primary N) is 1. The quantitative estimate of drug-likeness (QED) is 0.139. The number of ether oxygens (including phenoxy) is 6. The van der Waals surface area contributed by atoms with Crippen molar-refractivity contribution < 1.29 is 47.6 Å². The van der Waals surface area contributed by atoms with Gasteiger partial charge in [0.25, 0.3) is 0 Å². The molecule has 1 saturated heterocycles. The highest BCUT2D eigenvalue weighted by Gasteiger charge is 2.59. The van der Waals surface area contributed by atoms with E-state index in [4.69, 9.17) is 34.2 Å². The van der Waals surface area contributed by atoms with E-state index in [1.165, 1.54) is 42.0 Å². The summed E-state index contributed by atoms with van der Waals surface area (Å²) in [5.41, 5.74) is 6.47. The SMILES string of the molecule is C=CCOC(=O)O[C@H](C)[C@H]1C(=O)N2C(C(=O)OCC=C)=C(COc3ccc(C(N)C(=O)OCC=C)cc3OC)S[C@H]12. The van der Waals surface area contributed by atoms with Crippen LogP contribution in [0.25, 0.3) is 0 Å². The topological polar surface area (TPSA) is 153 Å². The Balaban J connectivity index is 1.78. The molecule has 0 bridgehead atoms. The van der Waals surface area contributed by atoms with Gasteiger partial charge in [0.05, 0.1) is 12.0 Å². The van der Waals surface area contributed by atoms with Gasteiger partial charge in [-0.05, 0) is 24.6 Å². The molecule has 41 heavy (non-hydrogen) atoms. The van der Waals surface area contributed by atoms with Crippen LogP contribution in [0.1, 0.15) is 18.5 Å². The third kappa shape index (κ3) is 7.11. The fraction of sp³-hybridized carbons (Fsp3) is 0.357. The van der Waals surface area contributed by atoms with Gasteiger partial charge >= 0.3 is 18.1 Å². The average molecular weight is 589 g/mol. The van der Waals surface area contributed by atoms with Crippen LogP contribution >= 0.6 is 11.8 Å². The second-order valence-corrected chi connectivity index (χ2v) is 9.88. The van der Waals surface area contributed by atoms with Gasteiger partial charge in [0, 0.05) is 0 Å². The van der Waals surface area contributed by atoms with Crippen molar-refractivity contribution in [3.8, 4) is 11.5 Å². The third-order valence-corrected chi connectivity index (χ3v) is 7.33. The molecular formula is C28H32N2O10S. The van der Waals surface area contributed by atoms with Crippen molar-refractivity contribution in [2.24, 2.45) is 11.7 Å². The summed E-state index contributed by atoms with van der Waals surface area (Å²) in [6.45, 7) is 11.9. The first-order chi connectivity index (χ1) is 19.7. The molecule has 2 N–H and O–H groups in total. The summed E-state index contributed by atoms with van der Waals surface area (Å²) < 4.78 is 31.7. The first kappa shape index (κ1) is 31.3. The maximum atomic E-state index is 13.1. The predicted octanol–water partition coefficient (Wildman–Crippen LogP) is 3.00. The number of fused-ring (bicyclic) bond motifs is 1. The first-order valence-electron chi connectivity index (χ1n) is 12.5. The van der Waals surface area contributed by atoms with E-state index >= 15 is 0 Å². The lowest BCUT2D eigenvalue weighted by Crippen LogP contribution is -2.61. The molecule has 2 aliphatic heterocycles. The lowest BCUT2D eigenvalue weighted by Gasteiger charge is -2.44. The Labute approximate surface area is 241 Å². The van der Waals surface area contributed by atoms with E-state index in [0.29, 0.717) is 16.2 Å². The Morgan fingerprint density at radius 2 is 1.71 bits per heavy atom. The molecule has 13 heteroatoms. The van der Waals surface area contributed by atoms with Gasteiger partial charge < -0.3 is 34.2 Å². The minimum Gasteiger partial charge on any atom is -0.493 e. The van der Waals surface area contributed by atoms with Crippen LogP contribution in [0, 0.1) is 5.92 Å². The monoisotopic (exact) mass is 588 g/mol. The molecule has 0 radical (unpaired) electrons. The van der Waals surface area contributed by atoms with Crippen molar-refractivity contribution in [1.82, 2.24) is 4.90 Å². The predicted molar refractivity (Wildman–Crippen MR) is 149 cm³/mol. The Bertz CT molecular complexity index is 1250. The Hall–Kier alpha value is -4.23. The van der Waals surface area contributed by atoms with Gasteiger partial charge in [-0.25, -0.2) is 14.4 Å². The number of β-lactam (4-membered cyclic amide) rings is 1.